The average molecular weight is 260 g/mol. The molecule has 0 saturated carbocycles. The molecule has 2 heterocycles. The zero-order chi connectivity index (χ0) is 13.2. The minimum absolute atomic E-state index is 0.120. The lowest BCUT2D eigenvalue weighted by Crippen LogP contribution is -2.38. The minimum atomic E-state index is -2.67. The second-order valence-electron chi connectivity index (χ2n) is 5.72. The van der Waals surface area contributed by atoms with Crippen LogP contribution in [0.15, 0.2) is 0 Å². The smallest absolute Gasteiger partial charge is 0.267 e. The van der Waals surface area contributed by atoms with Crippen molar-refractivity contribution in [3.63, 3.8) is 0 Å². The van der Waals surface area contributed by atoms with Gasteiger partial charge in [0.15, 0.2) is 0 Å². The molecule has 2 aliphatic heterocycles. The van der Waals surface area contributed by atoms with Crippen LogP contribution in [0, 0.1) is 5.92 Å². The molecule has 0 bridgehead atoms. The molecule has 5 heteroatoms. The van der Waals surface area contributed by atoms with Crippen molar-refractivity contribution in [3.8, 4) is 0 Å². The lowest BCUT2D eigenvalue weighted by atomic mass is 10.0. The zero-order valence-electron chi connectivity index (χ0n) is 11.0. The van der Waals surface area contributed by atoms with Crippen molar-refractivity contribution in [2.75, 3.05) is 32.7 Å². The number of carbonyl (C=O) groups is 1. The third-order valence-electron chi connectivity index (χ3n) is 3.91. The summed E-state index contributed by atoms with van der Waals surface area (Å²) in [4.78, 5) is 15.4. The van der Waals surface area contributed by atoms with Gasteiger partial charge in [0, 0.05) is 32.5 Å². The minimum Gasteiger partial charge on any atom is -0.336 e. The van der Waals surface area contributed by atoms with Crippen LogP contribution in [0.3, 0.4) is 0 Å². The van der Waals surface area contributed by atoms with E-state index in [4.69, 9.17) is 0 Å². The summed E-state index contributed by atoms with van der Waals surface area (Å²) in [6.07, 6.45) is 2.63. The number of piperidine rings is 1. The SMILES string of the molecule is C[C@@H]1CCCN(CCC(=O)N2CCC(F)(F)C2)C1. The summed E-state index contributed by atoms with van der Waals surface area (Å²) in [5.74, 6) is -2.11. The van der Waals surface area contributed by atoms with Crippen LogP contribution in [-0.2, 0) is 4.79 Å². The average Bonchev–Trinajstić information content (AvgIpc) is 2.67. The fourth-order valence-electron chi connectivity index (χ4n) is 2.85. The monoisotopic (exact) mass is 260 g/mol. The number of hydrogen-bond acceptors (Lipinski definition) is 2. The summed E-state index contributed by atoms with van der Waals surface area (Å²) in [7, 11) is 0. The van der Waals surface area contributed by atoms with Gasteiger partial charge in [-0.25, -0.2) is 8.78 Å². The molecule has 2 fully saturated rings. The van der Waals surface area contributed by atoms with E-state index in [1.54, 1.807) is 0 Å². The Hall–Kier alpha value is -0.710. The van der Waals surface area contributed by atoms with E-state index in [0.29, 0.717) is 18.9 Å². The Balaban J connectivity index is 1.72. The van der Waals surface area contributed by atoms with E-state index in [2.05, 4.69) is 11.8 Å². The van der Waals surface area contributed by atoms with Gasteiger partial charge in [-0.15, -0.1) is 0 Å². The quantitative estimate of drug-likeness (QED) is 0.774. The molecular formula is C13H22F2N2O. The second-order valence-corrected chi connectivity index (χ2v) is 5.72. The van der Waals surface area contributed by atoms with Crippen LogP contribution < -0.4 is 0 Å². The molecule has 2 rings (SSSR count). The molecule has 104 valence electrons. The number of likely N-dealkylation sites (tertiary alicyclic amines) is 2. The molecule has 0 aromatic rings. The Morgan fingerprint density at radius 1 is 1.39 bits per heavy atom. The number of nitrogens with zero attached hydrogens (tertiary/aromatic N) is 2. The van der Waals surface area contributed by atoms with Crippen molar-refractivity contribution >= 4 is 5.91 Å². The molecule has 2 aliphatic rings. The predicted molar refractivity (Wildman–Crippen MR) is 65.6 cm³/mol. The van der Waals surface area contributed by atoms with Crippen molar-refractivity contribution in [3.05, 3.63) is 0 Å². The Morgan fingerprint density at radius 2 is 2.17 bits per heavy atom. The van der Waals surface area contributed by atoms with Gasteiger partial charge in [-0.2, -0.15) is 0 Å². The third-order valence-corrected chi connectivity index (χ3v) is 3.91. The molecule has 0 aromatic heterocycles. The lowest BCUT2D eigenvalue weighted by Gasteiger charge is -2.31. The fraction of sp³-hybridized carbons (Fsp3) is 0.923. The molecule has 1 atom stereocenters. The van der Waals surface area contributed by atoms with Crippen molar-refractivity contribution in [2.24, 2.45) is 5.92 Å². The molecule has 0 unspecified atom stereocenters. The highest BCUT2D eigenvalue weighted by Crippen LogP contribution is 2.27. The summed E-state index contributed by atoms with van der Waals surface area (Å²) >= 11 is 0. The van der Waals surface area contributed by atoms with Gasteiger partial charge in [-0.1, -0.05) is 6.92 Å². The normalized spacial score (nSPS) is 28.6. The van der Waals surface area contributed by atoms with Gasteiger partial charge in [0.25, 0.3) is 5.92 Å². The molecular weight excluding hydrogens is 238 g/mol. The Bertz CT molecular complexity index is 309. The third kappa shape index (κ3) is 3.64. The predicted octanol–water partition coefficient (Wildman–Crippen LogP) is 1.98. The maximum atomic E-state index is 13.0. The van der Waals surface area contributed by atoms with Crippen molar-refractivity contribution in [1.29, 1.82) is 0 Å². The van der Waals surface area contributed by atoms with Gasteiger partial charge in [0.2, 0.25) is 5.91 Å². The van der Waals surface area contributed by atoms with Crippen molar-refractivity contribution < 1.29 is 13.6 Å². The van der Waals surface area contributed by atoms with Crippen molar-refractivity contribution in [2.45, 2.75) is 38.5 Å². The summed E-state index contributed by atoms with van der Waals surface area (Å²) in [6.45, 7) is 4.82. The van der Waals surface area contributed by atoms with E-state index in [0.717, 1.165) is 13.1 Å². The Kier molecular flexibility index (Phi) is 4.20. The van der Waals surface area contributed by atoms with Crippen LogP contribution >= 0.6 is 0 Å². The van der Waals surface area contributed by atoms with Crippen LogP contribution in [0.5, 0.6) is 0 Å². The zero-order valence-corrected chi connectivity index (χ0v) is 11.0. The first-order chi connectivity index (χ1) is 8.46. The van der Waals surface area contributed by atoms with Crippen LogP contribution in [0.2, 0.25) is 0 Å². The highest BCUT2D eigenvalue weighted by atomic mass is 19.3. The summed E-state index contributed by atoms with van der Waals surface area (Å²) < 4.78 is 26.0. The van der Waals surface area contributed by atoms with Gasteiger partial charge >= 0.3 is 0 Å². The van der Waals surface area contributed by atoms with Gasteiger partial charge in [0.05, 0.1) is 6.54 Å². The molecule has 1 amide bonds. The van der Waals surface area contributed by atoms with Gasteiger partial charge in [-0.3, -0.25) is 4.79 Å². The fourth-order valence-corrected chi connectivity index (χ4v) is 2.85. The largest absolute Gasteiger partial charge is 0.336 e. The highest BCUT2D eigenvalue weighted by Gasteiger charge is 2.40. The van der Waals surface area contributed by atoms with E-state index < -0.39 is 5.92 Å². The number of carbonyl (C=O) groups excluding carboxylic acids is 1. The van der Waals surface area contributed by atoms with Crippen LogP contribution in [0.4, 0.5) is 8.78 Å². The maximum absolute atomic E-state index is 13.0. The molecule has 0 aromatic carbocycles. The van der Waals surface area contributed by atoms with E-state index >= 15 is 0 Å². The lowest BCUT2D eigenvalue weighted by molar-refractivity contribution is -0.132. The second kappa shape index (κ2) is 5.51. The number of hydrogen-bond donors (Lipinski definition) is 0. The molecule has 3 nitrogen and oxygen atoms in total. The molecule has 0 spiro atoms. The molecule has 0 N–H and O–H groups in total. The van der Waals surface area contributed by atoms with Crippen LogP contribution in [-0.4, -0.2) is 54.4 Å². The van der Waals surface area contributed by atoms with E-state index in [1.807, 2.05) is 0 Å². The summed E-state index contributed by atoms with van der Waals surface area (Å²) in [5, 5.41) is 0. The molecule has 0 aliphatic carbocycles. The summed E-state index contributed by atoms with van der Waals surface area (Å²) in [5.41, 5.74) is 0. The maximum Gasteiger partial charge on any atom is 0.267 e. The molecule has 0 radical (unpaired) electrons. The molecule has 18 heavy (non-hydrogen) atoms. The first kappa shape index (κ1) is 13.7. The number of amides is 1. The number of alkyl halides is 2. The van der Waals surface area contributed by atoms with Crippen LogP contribution in [0.25, 0.3) is 0 Å². The number of halogens is 2. The van der Waals surface area contributed by atoms with Crippen molar-refractivity contribution in [1.82, 2.24) is 9.80 Å². The van der Waals surface area contributed by atoms with Gasteiger partial charge in [0.1, 0.15) is 0 Å². The summed E-state index contributed by atoms with van der Waals surface area (Å²) in [6, 6.07) is 0. The molecule has 2 saturated heterocycles. The van der Waals surface area contributed by atoms with E-state index in [1.165, 1.54) is 17.7 Å². The first-order valence-electron chi connectivity index (χ1n) is 6.84. The first-order valence-corrected chi connectivity index (χ1v) is 6.84. The topological polar surface area (TPSA) is 23.6 Å². The highest BCUT2D eigenvalue weighted by molar-refractivity contribution is 5.76. The van der Waals surface area contributed by atoms with Gasteiger partial charge < -0.3 is 9.80 Å². The Morgan fingerprint density at radius 3 is 2.78 bits per heavy atom. The van der Waals surface area contributed by atoms with E-state index in [-0.39, 0.29) is 25.4 Å². The Labute approximate surface area is 107 Å². The van der Waals surface area contributed by atoms with E-state index in [9.17, 15) is 13.6 Å². The number of rotatable bonds is 3. The van der Waals surface area contributed by atoms with Gasteiger partial charge in [-0.05, 0) is 25.3 Å². The van der Waals surface area contributed by atoms with Crippen LogP contribution in [0.1, 0.15) is 32.6 Å². The standard InChI is InChI=1S/C13H22F2N2O/c1-11-3-2-6-16(9-11)7-4-12(18)17-8-5-13(14,15)10-17/h11H,2-10H2,1H3/t11-/m1/s1.